The Hall–Kier alpha value is -1.82. The fraction of sp³-hybridized carbons (Fsp3) is 0.500. The van der Waals surface area contributed by atoms with E-state index in [1.807, 2.05) is 6.92 Å². The number of hydrogen-bond donors (Lipinski definition) is 0. The van der Waals surface area contributed by atoms with Gasteiger partial charge in [-0.25, -0.2) is 4.99 Å². The van der Waals surface area contributed by atoms with Gasteiger partial charge >= 0.3 is 0 Å². The molecule has 0 atom stereocenters. The number of hydrogen-bond acceptors (Lipinski definition) is 4. The Morgan fingerprint density at radius 3 is 2.79 bits per heavy atom. The molecule has 0 radical (unpaired) electrons. The topological polar surface area (TPSA) is 58.7 Å². The van der Waals surface area contributed by atoms with Crippen LogP contribution >= 0.6 is 11.8 Å². The third-order valence-electron chi connectivity index (χ3n) is 5.22. The largest absolute Gasteiger partial charge is 0.348 e. The highest BCUT2D eigenvalue weighted by molar-refractivity contribution is 8.14. The Morgan fingerprint density at radius 1 is 1.46 bits per heavy atom. The quantitative estimate of drug-likeness (QED) is 0.569. The van der Waals surface area contributed by atoms with Crippen LogP contribution in [-0.4, -0.2) is 33.3 Å². The van der Waals surface area contributed by atoms with Crippen molar-refractivity contribution in [3.8, 4) is 0 Å². The van der Waals surface area contributed by atoms with Crippen LogP contribution in [-0.2, 0) is 0 Å². The maximum absolute atomic E-state index is 11.1. The van der Waals surface area contributed by atoms with E-state index in [1.54, 1.807) is 23.9 Å². The van der Waals surface area contributed by atoms with Gasteiger partial charge in [0.2, 0.25) is 0 Å². The van der Waals surface area contributed by atoms with E-state index in [1.165, 1.54) is 31.7 Å². The maximum atomic E-state index is 11.1. The lowest BCUT2D eigenvalue weighted by atomic mass is 9.99. The molecule has 1 aliphatic heterocycles. The van der Waals surface area contributed by atoms with Gasteiger partial charge in [0.15, 0.2) is 5.17 Å². The molecule has 1 heterocycles. The number of benzene rings is 1. The molecule has 0 unspecified atom stereocenters. The molecule has 2 aliphatic rings. The molecule has 0 aromatic heterocycles. The normalized spacial score (nSPS) is 20.9. The van der Waals surface area contributed by atoms with E-state index in [9.17, 15) is 10.1 Å². The smallest absolute Gasteiger partial charge is 0.270 e. The first-order chi connectivity index (χ1) is 11.5. The van der Waals surface area contributed by atoms with Crippen molar-refractivity contribution < 1.29 is 4.92 Å². The van der Waals surface area contributed by atoms with Crippen LogP contribution in [0.2, 0.25) is 0 Å². The van der Waals surface area contributed by atoms with E-state index in [0.29, 0.717) is 0 Å². The molecule has 1 saturated carbocycles. The van der Waals surface area contributed by atoms with Crippen molar-refractivity contribution in [3.63, 3.8) is 0 Å². The molecule has 3 rings (SSSR count). The van der Waals surface area contributed by atoms with Gasteiger partial charge in [0.1, 0.15) is 0 Å². The van der Waals surface area contributed by atoms with Crippen LogP contribution < -0.4 is 0 Å². The number of nitrogens with zero attached hydrogens (tertiary/aromatic N) is 3. The minimum Gasteiger partial charge on any atom is -0.348 e. The van der Waals surface area contributed by atoms with Crippen LogP contribution in [0, 0.1) is 10.1 Å². The van der Waals surface area contributed by atoms with Gasteiger partial charge < -0.3 is 4.90 Å². The summed E-state index contributed by atoms with van der Waals surface area (Å²) in [4.78, 5) is 17.9. The van der Waals surface area contributed by atoms with Gasteiger partial charge in [-0.1, -0.05) is 38.1 Å². The summed E-state index contributed by atoms with van der Waals surface area (Å²) in [6.45, 7) is 6.06. The molecular weight excluding hydrogens is 322 g/mol. The lowest BCUT2D eigenvalue weighted by Gasteiger charge is -2.32. The molecule has 5 nitrogen and oxygen atoms in total. The Kier molecular flexibility index (Phi) is 4.67. The number of aliphatic imine (C=N–C) groups is 1. The van der Waals surface area contributed by atoms with E-state index in [4.69, 9.17) is 4.99 Å². The van der Waals surface area contributed by atoms with Crippen LogP contribution in [0.4, 0.5) is 11.4 Å². The predicted molar refractivity (Wildman–Crippen MR) is 101 cm³/mol. The molecule has 1 aliphatic carbocycles. The number of rotatable bonds is 4. The van der Waals surface area contributed by atoms with Gasteiger partial charge in [-0.3, -0.25) is 10.1 Å². The average Bonchev–Trinajstić information content (AvgIpc) is 3.17. The Morgan fingerprint density at radius 2 is 2.17 bits per heavy atom. The second kappa shape index (κ2) is 6.59. The molecule has 1 saturated heterocycles. The molecule has 1 aromatic carbocycles. The zero-order valence-corrected chi connectivity index (χ0v) is 15.1. The number of thioether (sulfide) groups is 1. The predicted octanol–water partition coefficient (Wildman–Crippen LogP) is 5.00. The standard InChI is InChI=1S/C18H23N3O2S/c1-4-13(2)15-11-14(21(22)23)7-8-16(15)19-17-20(3)18(12-24-17)9-5-6-10-18/h7-8,11H,2,4-6,9-10,12H2,1,3H3. The summed E-state index contributed by atoms with van der Waals surface area (Å²) in [6, 6.07) is 4.86. The van der Waals surface area contributed by atoms with Gasteiger partial charge in [0.25, 0.3) is 5.69 Å². The summed E-state index contributed by atoms with van der Waals surface area (Å²) in [7, 11) is 2.13. The fourth-order valence-corrected chi connectivity index (χ4v) is 4.96. The highest BCUT2D eigenvalue weighted by Crippen LogP contribution is 2.44. The molecule has 6 heteroatoms. The van der Waals surface area contributed by atoms with Crippen LogP contribution in [0.3, 0.4) is 0 Å². The van der Waals surface area contributed by atoms with Crippen molar-refractivity contribution in [2.75, 3.05) is 12.8 Å². The van der Waals surface area contributed by atoms with Crippen LogP contribution in [0.25, 0.3) is 5.57 Å². The molecule has 0 bridgehead atoms. The van der Waals surface area contributed by atoms with Crippen LogP contribution in [0.15, 0.2) is 29.8 Å². The summed E-state index contributed by atoms with van der Waals surface area (Å²) >= 11 is 1.79. The maximum Gasteiger partial charge on any atom is 0.270 e. The van der Waals surface area contributed by atoms with Gasteiger partial charge in [0.05, 0.1) is 16.1 Å². The number of allylic oxidation sites excluding steroid dienone is 1. The summed E-state index contributed by atoms with van der Waals surface area (Å²) < 4.78 is 0. The minimum absolute atomic E-state index is 0.0863. The molecule has 1 aromatic rings. The first-order valence-electron chi connectivity index (χ1n) is 8.39. The molecule has 0 N–H and O–H groups in total. The molecular formula is C18H23N3O2S. The summed E-state index contributed by atoms with van der Waals surface area (Å²) in [5.41, 5.74) is 2.77. The van der Waals surface area contributed by atoms with Gasteiger partial charge in [-0.2, -0.15) is 0 Å². The van der Waals surface area contributed by atoms with Crippen molar-refractivity contribution in [2.24, 2.45) is 4.99 Å². The third kappa shape index (κ3) is 2.95. The SMILES string of the molecule is C=C(CC)c1cc([N+](=O)[O-])ccc1N=C1SCC2(CCCC2)N1C. The summed E-state index contributed by atoms with van der Waals surface area (Å²) in [6.07, 6.45) is 5.77. The Labute approximate surface area is 147 Å². The number of amidine groups is 1. The molecule has 128 valence electrons. The second-order valence-electron chi connectivity index (χ2n) is 6.59. The van der Waals surface area contributed by atoms with Gasteiger partial charge in [-0.15, -0.1) is 0 Å². The molecule has 0 amide bonds. The van der Waals surface area contributed by atoms with E-state index in [2.05, 4.69) is 18.5 Å². The summed E-state index contributed by atoms with van der Waals surface area (Å²) in [5, 5.41) is 12.1. The molecule has 24 heavy (non-hydrogen) atoms. The second-order valence-corrected chi connectivity index (χ2v) is 7.53. The van der Waals surface area contributed by atoms with E-state index < -0.39 is 0 Å². The first-order valence-corrected chi connectivity index (χ1v) is 9.37. The van der Waals surface area contributed by atoms with Crippen molar-refractivity contribution in [3.05, 3.63) is 40.5 Å². The monoisotopic (exact) mass is 345 g/mol. The van der Waals surface area contributed by atoms with Crippen LogP contribution in [0.1, 0.15) is 44.6 Å². The number of nitro benzene ring substituents is 1. The minimum atomic E-state index is -0.368. The van der Waals surface area contributed by atoms with Crippen LogP contribution in [0.5, 0.6) is 0 Å². The van der Waals surface area contributed by atoms with Crippen molar-refractivity contribution >= 4 is 33.9 Å². The average molecular weight is 345 g/mol. The van der Waals surface area contributed by atoms with Crippen molar-refractivity contribution in [1.82, 2.24) is 4.90 Å². The van der Waals surface area contributed by atoms with Crippen molar-refractivity contribution in [1.29, 1.82) is 0 Å². The number of nitro groups is 1. The Balaban J connectivity index is 1.97. The van der Waals surface area contributed by atoms with Crippen molar-refractivity contribution in [2.45, 2.75) is 44.6 Å². The Bertz CT molecular complexity index is 708. The van der Waals surface area contributed by atoms with E-state index in [0.717, 1.165) is 34.2 Å². The zero-order chi connectivity index (χ0) is 17.3. The fourth-order valence-electron chi connectivity index (χ4n) is 3.53. The summed E-state index contributed by atoms with van der Waals surface area (Å²) in [5.74, 6) is 1.08. The van der Waals surface area contributed by atoms with Gasteiger partial charge in [-0.05, 0) is 30.9 Å². The lowest BCUT2D eigenvalue weighted by Crippen LogP contribution is -2.42. The third-order valence-corrected chi connectivity index (χ3v) is 6.52. The van der Waals surface area contributed by atoms with Gasteiger partial charge in [0, 0.05) is 30.5 Å². The molecule has 2 fully saturated rings. The highest BCUT2D eigenvalue weighted by atomic mass is 32.2. The number of non-ortho nitro benzene ring substituents is 1. The lowest BCUT2D eigenvalue weighted by molar-refractivity contribution is -0.384. The van der Waals surface area contributed by atoms with E-state index in [-0.39, 0.29) is 16.1 Å². The zero-order valence-electron chi connectivity index (χ0n) is 14.2. The first kappa shape index (κ1) is 17.0. The van der Waals surface area contributed by atoms with E-state index >= 15 is 0 Å². The highest BCUT2D eigenvalue weighted by Gasteiger charge is 2.44. The molecule has 1 spiro atoms.